The topological polar surface area (TPSA) is 90.6 Å². The minimum absolute atomic E-state index is 0. The summed E-state index contributed by atoms with van der Waals surface area (Å²) in [5, 5.41) is 10.5. The van der Waals surface area contributed by atoms with Gasteiger partial charge in [-0.3, -0.25) is 29.9 Å². The summed E-state index contributed by atoms with van der Waals surface area (Å²) in [6.45, 7) is 23.0. The van der Waals surface area contributed by atoms with Crippen LogP contribution < -0.4 is 49.6 Å². The SMILES string of the molecule is CC(C)Cc1cccc(CC(C)C)c1-c1cnc2c3[c-]cccc3c3ccccc3n12.CC(C)c1cccc(C(C)C)c1-c1cnc2c3[c-]cccc3c3ccccc3n12.Cc1cccc(C)c1-c1cnc2c3[c-]cccc3c3ccccc3n12.[Ir].[Ir].[Ir].[c-]1ccccc1B(c1ccccc1)c1ccccn1.[c-]1ccccc1B(c1ccccc1)c1ccccn1.[c-]1ccccc1B(c1ccccc1)c1ccccn1. The third kappa shape index (κ3) is 22.7. The van der Waals surface area contributed by atoms with Crippen LogP contribution in [0.25, 0.3) is 116 Å². The van der Waals surface area contributed by atoms with Crippen molar-refractivity contribution in [2.45, 2.75) is 93.9 Å². The first-order chi connectivity index (χ1) is 69.7. The number of rotatable bonds is 18. The van der Waals surface area contributed by atoms with Gasteiger partial charge in [0, 0.05) is 148 Å². The number of aromatic nitrogens is 9. The van der Waals surface area contributed by atoms with Gasteiger partial charge in [-0.15, -0.1) is 89.0 Å². The molecule has 717 valence electrons. The van der Waals surface area contributed by atoms with Gasteiger partial charge in [-0.1, -0.05) is 306 Å². The molecule has 15 aromatic carbocycles. The molecular weight excluding hydrogens is 2300 g/mol. The third-order valence-electron chi connectivity index (χ3n) is 26.4. The summed E-state index contributed by atoms with van der Waals surface area (Å²) in [6, 6.07) is 158. The van der Waals surface area contributed by atoms with Crippen molar-refractivity contribution in [3.8, 4) is 33.8 Å². The van der Waals surface area contributed by atoms with Crippen LogP contribution in [0, 0.1) is 62.1 Å². The number of para-hydroxylation sites is 3. The summed E-state index contributed by atoms with van der Waals surface area (Å²) < 4.78 is 6.97. The van der Waals surface area contributed by atoms with Gasteiger partial charge in [-0.2, -0.15) is 107 Å². The molecule has 0 atom stereocenters. The van der Waals surface area contributed by atoms with Crippen LogP contribution in [-0.4, -0.2) is 63.2 Å². The Morgan fingerprint density at radius 1 is 0.248 bits per heavy atom. The fraction of sp³-hybridized carbons (Fsp3) is 0.123. The molecule has 0 amide bonds. The maximum absolute atomic E-state index is 4.95. The van der Waals surface area contributed by atoms with Crippen molar-refractivity contribution in [1.29, 1.82) is 0 Å². The van der Waals surface area contributed by atoms with Crippen molar-refractivity contribution >= 4 is 152 Å². The Kier molecular flexibility index (Phi) is 34.8. The van der Waals surface area contributed by atoms with Crippen LogP contribution in [0.4, 0.5) is 0 Å². The second-order valence-electron chi connectivity index (χ2n) is 37.6. The monoisotopic (exact) mass is 2410 g/mol. The summed E-state index contributed by atoms with van der Waals surface area (Å²) in [5.74, 6) is 2.07. The Labute approximate surface area is 894 Å². The Bertz CT molecular complexity index is 7760. The van der Waals surface area contributed by atoms with Gasteiger partial charge in [-0.05, 0) is 154 Å². The van der Waals surface area contributed by atoms with E-state index in [9.17, 15) is 0 Å². The van der Waals surface area contributed by atoms with E-state index in [1.807, 2.05) is 158 Å². The molecule has 9 heterocycles. The van der Waals surface area contributed by atoms with Crippen molar-refractivity contribution in [2.24, 2.45) is 11.8 Å². The molecule has 0 bridgehead atoms. The molecule has 9 nitrogen and oxygen atoms in total. The van der Waals surface area contributed by atoms with E-state index in [2.05, 4.69) is 413 Å². The van der Waals surface area contributed by atoms with E-state index in [1.165, 1.54) is 127 Å². The first kappa shape index (κ1) is 103. The van der Waals surface area contributed by atoms with Crippen LogP contribution in [0.5, 0.6) is 0 Å². The maximum Gasteiger partial charge on any atom is 0.240 e. The van der Waals surface area contributed by atoms with Crippen LogP contribution in [0.15, 0.2) is 438 Å². The number of nitrogens with zero attached hydrogens (tertiary/aromatic N) is 9. The van der Waals surface area contributed by atoms with E-state index in [-0.39, 0.29) is 80.5 Å². The molecule has 24 aromatic rings. The Morgan fingerprint density at radius 2 is 0.531 bits per heavy atom. The molecular formula is C130H110B3Ir3N9-6. The molecule has 9 aromatic heterocycles. The average molecular weight is 2410 g/mol. The zero-order chi connectivity index (χ0) is 97.4. The molecule has 3 radical (unpaired) electrons. The largest absolute Gasteiger partial charge is 0.333 e. The van der Waals surface area contributed by atoms with Gasteiger partial charge in [0.1, 0.15) is 0 Å². The van der Waals surface area contributed by atoms with Gasteiger partial charge >= 0.3 is 0 Å². The zero-order valence-electron chi connectivity index (χ0n) is 83.0. The second-order valence-corrected chi connectivity index (χ2v) is 37.6. The first-order valence-corrected chi connectivity index (χ1v) is 49.4. The van der Waals surface area contributed by atoms with Crippen LogP contribution in [0.1, 0.15) is 101 Å². The van der Waals surface area contributed by atoms with Crippen LogP contribution in [-0.2, 0) is 73.2 Å². The van der Waals surface area contributed by atoms with Gasteiger partial charge in [0.05, 0.1) is 34.0 Å². The van der Waals surface area contributed by atoms with Gasteiger partial charge in [0.15, 0.2) is 0 Å². The van der Waals surface area contributed by atoms with Crippen molar-refractivity contribution in [3.63, 3.8) is 0 Å². The van der Waals surface area contributed by atoms with E-state index >= 15 is 0 Å². The molecule has 0 unspecified atom stereocenters. The minimum Gasteiger partial charge on any atom is -0.333 e. The second kappa shape index (κ2) is 48.7. The van der Waals surface area contributed by atoms with Gasteiger partial charge in [0.2, 0.25) is 20.1 Å². The Balaban J connectivity index is 0.000000125. The first-order valence-electron chi connectivity index (χ1n) is 49.4. The van der Waals surface area contributed by atoms with Crippen LogP contribution >= 0.6 is 0 Å². The quantitative estimate of drug-likeness (QED) is 0.0483. The fourth-order valence-electron chi connectivity index (χ4n) is 20.2. The molecule has 0 spiro atoms. The van der Waals surface area contributed by atoms with Crippen molar-refractivity contribution < 1.29 is 60.3 Å². The summed E-state index contributed by atoms with van der Waals surface area (Å²) >= 11 is 0. The number of fused-ring (bicyclic) bond motifs is 18. The fourth-order valence-corrected chi connectivity index (χ4v) is 20.2. The summed E-state index contributed by atoms with van der Waals surface area (Å²) in [7, 11) is 0. The van der Waals surface area contributed by atoms with E-state index in [0.717, 1.165) is 84.8 Å². The smallest absolute Gasteiger partial charge is 0.240 e. The number of imidazole rings is 3. The number of aryl methyl sites for hydroxylation is 2. The van der Waals surface area contributed by atoms with E-state index in [4.69, 9.17) is 15.0 Å². The van der Waals surface area contributed by atoms with Crippen LogP contribution in [0.2, 0.25) is 0 Å². The Morgan fingerprint density at radius 3 is 0.841 bits per heavy atom. The molecule has 0 N–H and O–H groups in total. The van der Waals surface area contributed by atoms with E-state index in [1.54, 1.807) is 0 Å². The normalized spacial score (nSPS) is 11.0. The van der Waals surface area contributed by atoms with Crippen molar-refractivity contribution in [3.05, 3.63) is 507 Å². The van der Waals surface area contributed by atoms with Gasteiger partial charge in [0.25, 0.3) is 0 Å². The minimum atomic E-state index is 0. The summed E-state index contributed by atoms with van der Waals surface area (Å²) in [6.07, 6.45) is 13.8. The van der Waals surface area contributed by atoms with Crippen LogP contribution in [0.3, 0.4) is 0 Å². The van der Waals surface area contributed by atoms with E-state index < -0.39 is 0 Å². The molecule has 0 fully saturated rings. The molecule has 15 heteroatoms. The summed E-state index contributed by atoms with van der Waals surface area (Å²) in [5.41, 5.74) is 32.4. The van der Waals surface area contributed by atoms with Crippen molar-refractivity contribution in [1.82, 2.24) is 43.1 Å². The number of hydrogen-bond donors (Lipinski definition) is 0. The zero-order valence-corrected chi connectivity index (χ0v) is 90.2. The molecule has 24 rings (SSSR count). The maximum atomic E-state index is 4.95. The average Bonchev–Trinajstić information content (AvgIpc) is 1.61. The number of benzene rings is 15. The molecule has 0 aliphatic heterocycles. The predicted molar refractivity (Wildman–Crippen MR) is 600 cm³/mol. The van der Waals surface area contributed by atoms with Gasteiger partial charge in [-0.25, -0.2) is 0 Å². The molecule has 0 saturated heterocycles. The number of pyridine rings is 6. The molecule has 145 heavy (non-hydrogen) atoms. The van der Waals surface area contributed by atoms with E-state index in [0.29, 0.717) is 23.7 Å². The van der Waals surface area contributed by atoms with Crippen molar-refractivity contribution in [2.75, 3.05) is 0 Å². The Hall–Kier alpha value is -14.5. The van der Waals surface area contributed by atoms with Gasteiger partial charge < -0.3 is 13.2 Å². The molecule has 0 aliphatic carbocycles. The molecule has 0 saturated carbocycles. The standard InChI is InChI=1S/C29H29N2.C27H25N2.C23H17N2.3C17H13BN.3Ir/c1-19(2)16-21-10-9-11-22(17-20(3)4)28(21)27-18-30-29-25-14-6-5-12-23(25)24-13-7-8-15-26(24)31(27)29;1-17(2)19-13-9-14-20(18(3)4)26(19)25-16-28-27-23-12-6-5-10-21(23)22-11-7-8-15-24(22)29(25)27;1-15-8-7-9-16(2)22(15)21-14-24-23-19-12-4-3-10-17(19)18-11-5-6-13-20(18)25(21)23;3*1-3-9-15(10-4-1)18(16-11-5-2-6-12-16)17-13-7-8-14-19-17;;;/h5-13,15,18-20H,16-17H2,1-4H3;5-11,13-18H,1-4H3;3-11,13-14H,1-2H3;3*1-11,13-14H;;;/q6*-1;;;. The molecule has 0 aliphatic rings. The predicted octanol–water partition coefficient (Wildman–Crippen LogP) is 24.8. The summed E-state index contributed by atoms with van der Waals surface area (Å²) in [4.78, 5) is 28.2. The number of hydrogen-bond acceptors (Lipinski definition) is 6. The third-order valence-corrected chi connectivity index (χ3v) is 26.4.